The summed E-state index contributed by atoms with van der Waals surface area (Å²) in [7, 11) is 3.17. The highest BCUT2D eigenvalue weighted by Gasteiger charge is 2.17. The summed E-state index contributed by atoms with van der Waals surface area (Å²) in [5.74, 6) is 1.81. The van der Waals surface area contributed by atoms with Crippen LogP contribution in [-0.2, 0) is 4.79 Å². The van der Waals surface area contributed by atoms with Crippen LogP contribution in [0.5, 0.6) is 11.5 Å². The second-order valence-electron chi connectivity index (χ2n) is 5.00. The summed E-state index contributed by atoms with van der Waals surface area (Å²) < 4.78 is 14.8. The van der Waals surface area contributed by atoms with Crippen molar-refractivity contribution in [3.05, 3.63) is 18.2 Å². The molecule has 0 unspecified atom stereocenters. The first kappa shape index (κ1) is 17.2. The van der Waals surface area contributed by atoms with Crippen molar-refractivity contribution in [1.29, 1.82) is 0 Å². The summed E-state index contributed by atoms with van der Waals surface area (Å²) in [5.41, 5.74) is 0.807. The number of hydrogen-bond acceptors (Lipinski definition) is 6. The van der Waals surface area contributed by atoms with Crippen LogP contribution in [0.15, 0.2) is 18.2 Å². The molecule has 0 atom stereocenters. The standard InChI is InChI=1S/C16H21N3O3S/c1-5-10(6-2)15(20)18-16-17-14(19-23-16)11-7-8-12(21-3)13(9-11)22-4/h7-10H,5-6H2,1-4H3,(H,17,18,19,20). The summed E-state index contributed by atoms with van der Waals surface area (Å²) in [6.07, 6.45) is 1.62. The Kier molecular flexibility index (Phi) is 5.92. The first-order chi connectivity index (χ1) is 11.1. The van der Waals surface area contributed by atoms with E-state index in [9.17, 15) is 4.79 Å². The lowest BCUT2D eigenvalue weighted by Gasteiger charge is -2.10. The minimum absolute atomic E-state index is 0.00318. The molecule has 0 aliphatic rings. The van der Waals surface area contributed by atoms with E-state index in [2.05, 4.69) is 14.7 Å². The molecule has 0 aliphatic carbocycles. The number of rotatable bonds is 7. The van der Waals surface area contributed by atoms with Crippen LogP contribution in [-0.4, -0.2) is 29.5 Å². The van der Waals surface area contributed by atoms with Crippen LogP contribution < -0.4 is 14.8 Å². The highest BCUT2D eigenvalue weighted by molar-refractivity contribution is 7.10. The summed E-state index contributed by atoms with van der Waals surface area (Å²) in [4.78, 5) is 16.5. The number of amides is 1. The van der Waals surface area contributed by atoms with Crippen molar-refractivity contribution < 1.29 is 14.3 Å². The van der Waals surface area contributed by atoms with Crippen molar-refractivity contribution in [3.63, 3.8) is 0 Å². The van der Waals surface area contributed by atoms with E-state index >= 15 is 0 Å². The van der Waals surface area contributed by atoms with E-state index in [4.69, 9.17) is 9.47 Å². The molecule has 124 valence electrons. The van der Waals surface area contributed by atoms with E-state index in [1.807, 2.05) is 26.0 Å². The van der Waals surface area contributed by atoms with Crippen LogP contribution in [0.1, 0.15) is 26.7 Å². The third-order valence-electron chi connectivity index (χ3n) is 3.65. The van der Waals surface area contributed by atoms with Crippen molar-refractivity contribution in [3.8, 4) is 22.9 Å². The molecule has 1 amide bonds. The van der Waals surface area contributed by atoms with Crippen molar-refractivity contribution in [1.82, 2.24) is 9.36 Å². The smallest absolute Gasteiger partial charge is 0.229 e. The molecule has 2 rings (SSSR count). The summed E-state index contributed by atoms with van der Waals surface area (Å²) in [6.45, 7) is 4.01. The second kappa shape index (κ2) is 7.92. The normalized spacial score (nSPS) is 10.7. The van der Waals surface area contributed by atoms with Crippen LogP contribution in [0.25, 0.3) is 11.4 Å². The van der Waals surface area contributed by atoms with Gasteiger partial charge in [-0.1, -0.05) is 13.8 Å². The molecule has 0 aliphatic heterocycles. The maximum Gasteiger partial charge on any atom is 0.229 e. The SMILES string of the molecule is CCC(CC)C(=O)Nc1nc(-c2ccc(OC)c(OC)c2)ns1. The van der Waals surface area contributed by atoms with Crippen LogP contribution in [0.4, 0.5) is 5.13 Å². The van der Waals surface area contributed by atoms with Gasteiger partial charge in [-0.15, -0.1) is 0 Å². The van der Waals surface area contributed by atoms with Gasteiger partial charge in [0.05, 0.1) is 14.2 Å². The number of methoxy groups -OCH3 is 2. The second-order valence-corrected chi connectivity index (χ2v) is 5.75. The number of anilines is 1. The molecule has 0 spiro atoms. The van der Waals surface area contributed by atoms with Crippen molar-refractivity contribution in [2.24, 2.45) is 5.92 Å². The monoisotopic (exact) mass is 335 g/mol. The molecule has 0 saturated heterocycles. The van der Waals surface area contributed by atoms with Gasteiger partial charge in [-0.2, -0.15) is 9.36 Å². The minimum atomic E-state index is -0.00925. The largest absolute Gasteiger partial charge is 0.493 e. The number of ether oxygens (including phenoxy) is 2. The maximum atomic E-state index is 12.1. The summed E-state index contributed by atoms with van der Waals surface area (Å²) in [6, 6.07) is 5.47. The molecule has 7 heteroatoms. The zero-order chi connectivity index (χ0) is 16.8. The van der Waals surface area contributed by atoms with E-state index in [0.29, 0.717) is 22.5 Å². The van der Waals surface area contributed by atoms with E-state index < -0.39 is 0 Å². The molecule has 0 bridgehead atoms. The number of nitrogens with one attached hydrogen (secondary N) is 1. The Morgan fingerprint density at radius 1 is 1.22 bits per heavy atom. The van der Waals surface area contributed by atoms with Gasteiger partial charge in [0, 0.05) is 23.0 Å². The molecule has 1 aromatic heterocycles. The van der Waals surface area contributed by atoms with Crippen LogP contribution in [0.2, 0.25) is 0 Å². The number of hydrogen-bond donors (Lipinski definition) is 1. The number of nitrogens with zero attached hydrogens (tertiary/aromatic N) is 2. The Morgan fingerprint density at radius 3 is 2.52 bits per heavy atom. The topological polar surface area (TPSA) is 73.3 Å². The predicted molar refractivity (Wildman–Crippen MR) is 91.2 cm³/mol. The van der Waals surface area contributed by atoms with Gasteiger partial charge in [0.1, 0.15) is 0 Å². The van der Waals surface area contributed by atoms with Crippen LogP contribution in [0, 0.1) is 5.92 Å². The van der Waals surface area contributed by atoms with Gasteiger partial charge >= 0.3 is 0 Å². The molecule has 2 aromatic rings. The zero-order valence-corrected chi connectivity index (χ0v) is 14.6. The molecule has 0 saturated carbocycles. The lowest BCUT2D eigenvalue weighted by atomic mass is 10.0. The van der Waals surface area contributed by atoms with Crippen molar-refractivity contribution >= 4 is 22.6 Å². The average Bonchev–Trinajstić information content (AvgIpc) is 3.03. The third kappa shape index (κ3) is 3.98. The van der Waals surface area contributed by atoms with E-state index in [1.54, 1.807) is 20.3 Å². The number of benzene rings is 1. The van der Waals surface area contributed by atoms with Crippen molar-refractivity contribution in [2.45, 2.75) is 26.7 Å². The lowest BCUT2D eigenvalue weighted by Crippen LogP contribution is -2.21. The predicted octanol–water partition coefficient (Wildman–Crippen LogP) is 3.60. The van der Waals surface area contributed by atoms with Crippen molar-refractivity contribution in [2.75, 3.05) is 19.5 Å². The van der Waals surface area contributed by atoms with Gasteiger partial charge in [-0.3, -0.25) is 4.79 Å². The molecule has 0 fully saturated rings. The Morgan fingerprint density at radius 2 is 1.91 bits per heavy atom. The highest BCUT2D eigenvalue weighted by atomic mass is 32.1. The van der Waals surface area contributed by atoms with Gasteiger partial charge in [0.25, 0.3) is 0 Å². The molecule has 0 radical (unpaired) electrons. The first-order valence-corrected chi connectivity index (χ1v) is 8.27. The quantitative estimate of drug-likeness (QED) is 0.837. The average molecular weight is 335 g/mol. The third-order valence-corrected chi connectivity index (χ3v) is 4.28. The molecule has 23 heavy (non-hydrogen) atoms. The van der Waals surface area contributed by atoms with Gasteiger partial charge in [-0.25, -0.2) is 0 Å². The van der Waals surface area contributed by atoms with E-state index in [1.165, 1.54) is 11.5 Å². The Labute approximate surface area is 140 Å². The molecule has 1 N–H and O–H groups in total. The molecule has 1 aromatic carbocycles. The molecule has 1 heterocycles. The Hall–Kier alpha value is -2.15. The van der Waals surface area contributed by atoms with E-state index in [-0.39, 0.29) is 11.8 Å². The number of aromatic nitrogens is 2. The number of carbonyl (C=O) groups is 1. The van der Waals surface area contributed by atoms with Gasteiger partial charge in [0.2, 0.25) is 11.0 Å². The fourth-order valence-corrected chi connectivity index (χ4v) is 2.83. The van der Waals surface area contributed by atoms with E-state index in [0.717, 1.165) is 18.4 Å². The first-order valence-electron chi connectivity index (χ1n) is 7.49. The lowest BCUT2D eigenvalue weighted by molar-refractivity contribution is -0.120. The van der Waals surface area contributed by atoms with Gasteiger partial charge in [0.15, 0.2) is 17.3 Å². The summed E-state index contributed by atoms with van der Waals surface area (Å²) in [5, 5.41) is 3.34. The molecule has 6 nitrogen and oxygen atoms in total. The minimum Gasteiger partial charge on any atom is -0.493 e. The van der Waals surface area contributed by atoms with Crippen LogP contribution >= 0.6 is 11.5 Å². The van der Waals surface area contributed by atoms with Gasteiger partial charge in [-0.05, 0) is 31.0 Å². The van der Waals surface area contributed by atoms with Gasteiger partial charge < -0.3 is 14.8 Å². The number of carbonyl (C=O) groups excluding carboxylic acids is 1. The molecular weight excluding hydrogens is 314 g/mol. The van der Waals surface area contributed by atoms with Crippen LogP contribution in [0.3, 0.4) is 0 Å². The Balaban J connectivity index is 2.17. The fourth-order valence-electron chi connectivity index (χ4n) is 2.23. The fraction of sp³-hybridized carbons (Fsp3) is 0.438. The molecular formula is C16H21N3O3S. The highest BCUT2D eigenvalue weighted by Crippen LogP contribution is 2.32. The Bertz CT molecular complexity index is 668. The summed E-state index contributed by atoms with van der Waals surface area (Å²) >= 11 is 1.17. The maximum absolute atomic E-state index is 12.1. The zero-order valence-electron chi connectivity index (χ0n) is 13.8.